The van der Waals surface area contributed by atoms with Crippen molar-refractivity contribution in [1.29, 1.82) is 0 Å². The number of likely N-dealkylation sites (N-methyl/N-ethyl adjacent to an activating group) is 1. The zero-order valence-corrected chi connectivity index (χ0v) is 11.6. The van der Waals surface area contributed by atoms with E-state index in [1.165, 1.54) is 12.5 Å². The second-order valence-electron chi connectivity index (χ2n) is 5.22. The summed E-state index contributed by atoms with van der Waals surface area (Å²) in [6, 6.07) is 4.90. The molecule has 1 N–H and O–H groups in total. The van der Waals surface area contributed by atoms with Crippen molar-refractivity contribution in [3.8, 4) is 0 Å². The molecule has 1 fully saturated rings. The Hall–Kier alpha value is -1.13. The molecule has 0 spiro atoms. The van der Waals surface area contributed by atoms with Gasteiger partial charge < -0.3 is 14.7 Å². The van der Waals surface area contributed by atoms with Crippen LogP contribution in [0, 0.1) is 5.82 Å². The van der Waals surface area contributed by atoms with Gasteiger partial charge in [-0.1, -0.05) is 6.07 Å². The average molecular weight is 267 g/mol. The van der Waals surface area contributed by atoms with Gasteiger partial charge in [0.05, 0.1) is 12.2 Å². The fourth-order valence-corrected chi connectivity index (χ4v) is 2.63. The number of anilines is 1. The van der Waals surface area contributed by atoms with Gasteiger partial charge in [-0.2, -0.15) is 0 Å². The molecule has 0 bridgehead atoms. The van der Waals surface area contributed by atoms with E-state index in [0.717, 1.165) is 31.7 Å². The Morgan fingerprint density at radius 2 is 2.26 bits per heavy atom. The predicted octanol–water partition coefficient (Wildman–Crippen LogP) is 2.88. The summed E-state index contributed by atoms with van der Waals surface area (Å²) in [5, 5.41) is 9.74. The number of benzene rings is 1. The number of aliphatic hydroxyl groups excluding tert-OH is 1. The zero-order valence-electron chi connectivity index (χ0n) is 11.6. The fourth-order valence-electron chi connectivity index (χ4n) is 2.63. The number of nitrogens with zero attached hydrogens (tertiary/aromatic N) is 1. The number of ether oxygens (including phenoxy) is 1. The summed E-state index contributed by atoms with van der Waals surface area (Å²) < 4.78 is 19.5. The Balaban J connectivity index is 2.13. The second kappa shape index (κ2) is 6.35. The van der Waals surface area contributed by atoms with Crippen LogP contribution in [0.1, 0.15) is 37.9 Å². The van der Waals surface area contributed by atoms with Gasteiger partial charge >= 0.3 is 0 Å². The third-order valence-electron chi connectivity index (χ3n) is 3.61. The first-order chi connectivity index (χ1) is 9.09. The monoisotopic (exact) mass is 267 g/mol. The summed E-state index contributed by atoms with van der Waals surface area (Å²) in [5.41, 5.74) is 1.10. The molecule has 3 nitrogen and oxygen atoms in total. The number of halogens is 1. The van der Waals surface area contributed by atoms with Crippen LogP contribution in [0.2, 0.25) is 0 Å². The molecule has 0 radical (unpaired) electrons. The predicted molar refractivity (Wildman–Crippen MR) is 73.9 cm³/mol. The number of rotatable bonds is 4. The van der Waals surface area contributed by atoms with E-state index >= 15 is 0 Å². The molecule has 1 aliphatic heterocycles. The molecule has 0 aromatic heterocycles. The highest BCUT2D eigenvalue weighted by molar-refractivity contribution is 5.54. The molecule has 1 unspecified atom stereocenters. The largest absolute Gasteiger partial charge is 0.389 e. The quantitative estimate of drug-likeness (QED) is 0.910. The van der Waals surface area contributed by atoms with E-state index in [1.54, 1.807) is 13.0 Å². The minimum absolute atomic E-state index is 0.198. The van der Waals surface area contributed by atoms with Gasteiger partial charge in [-0.25, -0.2) is 4.39 Å². The summed E-state index contributed by atoms with van der Waals surface area (Å²) in [4.78, 5) is 1.97. The fraction of sp³-hybridized carbons (Fsp3) is 0.600. The van der Waals surface area contributed by atoms with Crippen molar-refractivity contribution in [1.82, 2.24) is 0 Å². The van der Waals surface area contributed by atoms with Crippen LogP contribution in [0.4, 0.5) is 10.1 Å². The first-order valence-electron chi connectivity index (χ1n) is 6.89. The lowest BCUT2D eigenvalue weighted by Crippen LogP contribution is -2.34. The Bertz CT molecular complexity index is 417. The summed E-state index contributed by atoms with van der Waals surface area (Å²) in [6.07, 6.45) is 2.74. The molecule has 0 amide bonds. The SMILES string of the molecule is C[C@@H](O)c1c(F)cccc1N(C)CC1CCCCO1. The highest BCUT2D eigenvalue weighted by atomic mass is 19.1. The molecular formula is C15H22FNO2. The highest BCUT2D eigenvalue weighted by Crippen LogP contribution is 2.29. The van der Waals surface area contributed by atoms with Crippen molar-refractivity contribution in [2.75, 3.05) is 25.1 Å². The zero-order chi connectivity index (χ0) is 13.8. The van der Waals surface area contributed by atoms with E-state index in [-0.39, 0.29) is 11.9 Å². The van der Waals surface area contributed by atoms with Crippen molar-refractivity contribution in [2.24, 2.45) is 0 Å². The van der Waals surface area contributed by atoms with E-state index in [2.05, 4.69) is 0 Å². The number of hydrogen-bond donors (Lipinski definition) is 1. The topological polar surface area (TPSA) is 32.7 Å². The Morgan fingerprint density at radius 3 is 2.89 bits per heavy atom. The van der Waals surface area contributed by atoms with Crippen molar-refractivity contribution in [3.63, 3.8) is 0 Å². The van der Waals surface area contributed by atoms with Gasteiger partial charge in [0.25, 0.3) is 0 Å². The molecule has 0 saturated carbocycles. The van der Waals surface area contributed by atoms with E-state index in [1.807, 2.05) is 18.0 Å². The molecular weight excluding hydrogens is 245 g/mol. The minimum Gasteiger partial charge on any atom is -0.389 e. The van der Waals surface area contributed by atoms with Gasteiger partial charge in [-0.3, -0.25) is 0 Å². The lowest BCUT2D eigenvalue weighted by atomic mass is 10.0. The van der Waals surface area contributed by atoms with Crippen LogP contribution < -0.4 is 4.90 Å². The molecule has 1 saturated heterocycles. The second-order valence-corrected chi connectivity index (χ2v) is 5.22. The molecule has 0 aliphatic carbocycles. The minimum atomic E-state index is -0.814. The van der Waals surface area contributed by atoms with E-state index < -0.39 is 6.10 Å². The molecule has 1 heterocycles. The van der Waals surface area contributed by atoms with Gasteiger partial charge in [0.15, 0.2) is 0 Å². The number of hydrogen-bond acceptors (Lipinski definition) is 3. The third kappa shape index (κ3) is 3.45. The smallest absolute Gasteiger partial charge is 0.131 e. The van der Waals surface area contributed by atoms with E-state index in [4.69, 9.17) is 4.74 Å². The van der Waals surface area contributed by atoms with Crippen LogP contribution in [0.25, 0.3) is 0 Å². The van der Waals surface area contributed by atoms with Gasteiger partial charge in [-0.15, -0.1) is 0 Å². The van der Waals surface area contributed by atoms with Crippen molar-refractivity contribution < 1.29 is 14.2 Å². The molecule has 106 valence electrons. The van der Waals surface area contributed by atoms with Crippen LogP contribution in [0.5, 0.6) is 0 Å². The summed E-state index contributed by atoms with van der Waals surface area (Å²) in [7, 11) is 1.92. The molecule has 1 aromatic carbocycles. The summed E-state index contributed by atoms with van der Waals surface area (Å²) in [6.45, 7) is 3.13. The summed E-state index contributed by atoms with van der Waals surface area (Å²) >= 11 is 0. The highest BCUT2D eigenvalue weighted by Gasteiger charge is 2.20. The van der Waals surface area contributed by atoms with Crippen molar-refractivity contribution >= 4 is 5.69 Å². The van der Waals surface area contributed by atoms with Crippen LogP contribution in [-0.2, 0) is 4.74 Å². The Labute approximate surface area is 114 Å². The van der Waals surface area contributed by atoms with Crippen LogP contribution in [-0.4, -0.2) is 31.4 Å². The molecule has 19 heavy (non-hydrogen) atoms. The molecule has 2 atom stereocenters. The summed E-state index contributed by atoms with van der Waals surface area (Å²) in [5.74, 6) is -0.357. The Kier molecular flexibility index (Phi) is 4.77. The molecule has 2 rings (SSSR count). The van der Waals surface area contributed by atoms with Gasteiger partial charge in [0.2, 0.25) is 0 Å². The van der Waals surface area contributed by atoms with Crippen LogP contribution in [0.3, 0.4) is 0 Å². The van der Waals surface area contributed by atoms with Crippen molar-refractivity contribution in [3.05, 3.63) is 29.6 Å². The third-order valence-corrected chi connectivity index (χ3v) is 3.61. The van der Waals surface area contributed by atoms with E-state index in [0.29, 0.717) is 5.56 Å². The molecule has 1 aliphatic rings. The van der Waals surface area contributed by atoms with Crippen molar-refractivity contribution in [2.45, 2.75) is 38.4 Å². The number of aliphatic hydroxyl groups is 1. The maximum Gasteiger partial charge on any atom is 0.131 e. The van der Waals surface area contributed by atoms with Crippen LogP contribution in [0.15, 0.2) is 18.2 Å². The van der Waals surface area contributed by atoms with Gasteiger partial charge in [0.1, 0.15) is 5.82 Å². The first-order valence-corrected chi connectivity index (χ1v) is 6.89. The molecule has 4 heteroatoms. The maximum absolute atomic E-state index is 13.8. The van der Waals surface area contributed by atoms with Crippen LogP contribution >= 0.6 is 0 Å². The lowest BCUT2D eigenvalue weighted by molar-refractivity contribution is 0.0215. The first kappa shape index (κ1) is 14.3. The maximum atomic E-state index is 13.8. The average Bonchev–Trinajstić information content (AvgIpc) is 2.39. The van der Waals surface area contributed by atoms with Gasteiger partial charge in [-0.05, 0) is 38.3 Å². The Morgan fingerprint density at radius 1 is 1.47 bits per heavy atom. The lowest BCUT2D eigenvalue weighted by Gasteiger charge is -2.30. The molecule has 1 aromatic rings. The standard InChI is InChI=1S/C15H22FNO2/c1-11(18)15-13(16)7-5-8-14(15)17(2)10-12-6-3-4-9-19-12/h5,7-8,11-12,18H,3-4,6,9-10H2,1-2H3/t11-,12?/m1/s1. The van der Waals surface area contributed by atoms with E-state index in [9.17, 15) is 9.50 Å². The normalized spacial score (nSPS) is 21.2. The van der Waals surface area contributed by atoms with Gasteiger partial charge in [0, 0.05) is 31.5 Å².